The van der Waals surface area contributed by atoms with Crippen LogP contribution in [0.4, 0.5) is 0 Å². The molecule has 1 aliphatic heterocycles. The van der Waals surface area contributed by atoms with Crippen LogP contribution in [0.3, 0.4) is 0 Å². The molecule has 4 heteroatoms. The third-order valence-electron chi connectivity index (χ3n) is 3.90. The minimum Gasteiger partial charge on any atom is -0.381 e. The highest BCUT2D eigenvalue weighted by atomic mass is 32.2. The average Bonchev–Trinajstić information content (AvgIpc) is 2.45. The number of thioether (sulfide) groups is 1. The molecule has 1 aliphatic carbocycles. The lowest BCUT2D eigenvalue weighted by atomic mass is 9.89. The van der Waals surface area contributed by atoms with Crippen molar-refractivity contribution in [1.29, 1.82) is 0 Å². The lowest BCUT2D eigenvalue weighted by Gasteiger charge is -2.22. The molecule has 0 aromatic rings. The van der Waals surface area contributed by atoms with Crippen LogP contribution in [0.5, 0.6) is 0 Å². The normalized spacial score (nSPS) is 22.9. The van der Waals surface area contributed by atoms with Crippen LogP contribution in [0.25, 0.3) is 0 Å². The number of rotatable bonds is 5. The summed E-state index contributed by atoms with van der Waals surface area (Å²) in [7, 11) is 0. The molecular weight excluding hydrogens is 246 g/mol. The standard InChI is InChI=1S/C14H25NO2S/c16-14(12-4-2-1-3-5-12)15-8-11-18-13-6-9-17-10-7-13/h12-13H,1-11H2,(H,15,16). The molecule has 0 bridgehead atoms. The topological polar surface area (TPSA) is 38.3 Å². The predicted octanol–water partition coefficient (Wildman–Crippen LogP) is 2.60. The second-order valence-electron chi connectivity index (χ2n) is 5.31. The predicted molar refractivity (Wildman–Crippen MR) is 75.9 cm³/mol. The molecule has 0 aromatic carbocycles. The second-order valence-corrected chi connectivity index (χ2v) is 6.72. The van der Waals surface area contributed by atoms with Gasteiger partial charge in [0.25, 0.3) is 0 Å². The highest BCUT2D eigenvalue weighted by Crippen LogP contribution is 2.24. The zero-order valence-corrected chi connectivity index (χ0v) is 12.0. The van der Waals surface area contributed by atoms with Gasteiger partial charge in [0.2, 0.25) is 5.91 Å². The highest BCUT2D eigenvalue weighted by Gasteiger charge is 2.20. The second kappa shape index (κ2) is 8.05. The molecule has 18 heavy (non-hydrogen) atoms. The smallest absolute Gasteiger partial charge is 0.223 e. The fourth-order valence-corrected chi connectivity index (χ4v) is 3.83. The molecule has 1 N–H and O–H groups in total. The van der Waals surface area contributed by atoms with E-state index >= 15 is 0 Å². The minimum atomic E-state index is 0.294. The molecule has 1 saturated carbocycles. The summed E-state index contributed by atoms with van der Waals surface area (Å²) in [4.78, 5) is 11.9. The maximum atomic E-state index is 11.9. The lowest BCUT2D eigenvalue weighted by molar-refractivity contribution is -0.125. The van der Waals surface area contributed by atoms with Gasteiger partial charge in [-0.05, 0) is 25.7 Å². The summed E-state index contributed by atoms with van der Waals surface area (Å²) in [5.74, 6) is 1.64. The van der Waals surface area contributed by atoms with Gasteiger partial charge >= 0.3 is 0 Å². The van der Waals surface area contributed by atoms with Crippen LogP contribution < -0.4 is 5.32 Å². The Hall–Kier alpha value is -0.220. The number of hydrogen-bond donors (Lipinski definition) is 1. The Balaban J connectivity index is 1.52. The summed E-state index contributed by atoms with van der Waals surface area (Å²) in [6, 6.07) is 0. The molecule has 1 saturated heterocycles. The molecule has 104 valence electrons. The van der Waals surface area contributed by atoms with Crippen molar-refractivity contribution >= 4 is 17.7 Å². The van der Waals surface area contributed by atoms with Crippen LogP contribution in [0.2, 0.25) is 0 Å². The Labute approximate surface area is 114 Å². The molecular formula is C14H25NO2S. The van der Waals surface area contributed by atoms with E-state index in [4.69, 9.17) is 4.74 Å². The molecule has 0 unspecified atom stereocenters. The number of nitrogens with one attached hydrogen (secondary N) is 1. The van der Waals surface area contributed by atoms with E-state index in [1.807, 2.05) is 11.8 Å². The fourth-order valence-electron chi connectivity index (χ4n) is 2.75. The van der Waals surface area contributed by atoms with E-state index < -0.39 is 0 Å². The van der Waals surface area contributed by atoms with Crippen molar-refractivity contribution in [2.24, 2.45) is 5.92 Å². The molecule has 1 amide bonds. The first kappa shape index (κ1) is 14.2. The molecule has 0 radical (unpaired) electrons. The lowest BCUT2D eigenvalue weighted by Crippen LogP contribution is -2.33. The molecule has 2 fully saturated rings. The largest absolute Gasteiger partial charge is 0.381 e. The maximum Gasteiger partial charge on any atom is 0.223 e. The van der Waals surface area contributed by atoms with Crippen LogP contribution in [0.15, 0.2) is 0 Å². The van der Waals surface area contributed by atoms with Gasteiger partial charge in [-0.3, -0.25) is 4.79 Å². The van der Waals surface area contributed by atoms with Crippen molar-refractivity contribution in [3.63, 3.8) is 0 Å². The number of hydrogen-bond acceptors (Lipinski definition) is 3. The van der Waals surface area contributed by atoms with Crippen molar-refractivity contribution in [2.75, 3.05) is 25.5 Å². The summed E-state index contributed by atoms with van der Waals surface area (Å²) >= 11 is 1.99. The van der Waals surface area contributed by atoms with Gasteiger partial charge in [0.15, 0.2) is 0 Å². The Bertz CT molecular complexity index is 248. The Morgan fingerprint density at radius 1 is 1.11 bits per heavy atom. The van der Waals surface area contributed by atoms with Gasteiger partial charge in [0.1, 0.15) is 0 Å². The highest BCUT2D eigenvalue weighted by molar-refractivity contribution is 7.99. The van der Waals surface area contributed by atoms with Gasteiger partial charge in [-0.25, -0.2) is 0 Å². The molecule has 0 atom stereocenters. The van der Waals surface area contributed by atoms with Crippen molar-refractivity contribution in [3.05, 3.63) is 0 Å². The van der Waals surface area contributed by atoms with Crippen molar-refractivity contribution in [2.45, 2.75) is 50.2 Å². The van der Waals surface area contributed by atoms with Crippen LogP contribution in [-0.4, -0.2) is 36.7 Å². The van der Waals surface area contributed by atoms with Crippen LogP contribution in [0, 0.1) is 5.92 Å². The van der Waals surface area contributed by atoms with E-state index in [0.29, 0.717) is 11.8 Å². The summed E-state index contributed by atoms with van der Waals surface area (Å²) in [5, 5.41) is 3.84. The van der Waals surface area contributed by atoms with Crippen molar-refractivity contribution in [3.8, 4) is 0 Å². The first-order chi connectivity index (χ1) is 8.86. The third kappa shape index (κ3) is 4.81. The SMILES string of the molecule is O=C(NCCSC1CCOCC1)C1CCCCC1. The van der Waals surface area contributed by atoms with E-state index in [0.717, 1.165) is 43.6 Å². The Morgan fingerprint density at radius 2 is 1.83 bits per heavy atom. The number of carbonyl (C=O) groups excluding carboxylic acids is 1. The molecule has 2 aliphatic rings. The first-order valence-electron chi connectivity index (χ1n) is 7.33. The van der Waals surface area contributed by atoms with Crippen LogP contribution >= 0.6 is 11.8 Å². The zero-order chi connectivity index (χ0) is 12.6. The van der Waals surface area contributed by atoms with Crippen LogP contribution in [-0.2, 0) is 9.53 Å². The van der Waals surface area contributed by atoms with Crippen molar-refractivity contribution < 1.29 is 9.53 Å². The summed E-state index contributed by atoms with van der Waals surface area (Å²) < 4.78 is 5.34. The minimum absolute atomic E-state index is 0.294. The van der Waals surface area contributed by atoms with E-state index in [-0.39, 0.29) is 0 Å². The van der Waals surface area contributed by atoms with Gasteiger partial charge < -0.3 is 10.1 Å². The quantitative estimate of drug-likeness (QED) is 0.781. The van der Waals surface area contributed by atoms with Gasteiger partial charge in [0, 0.05) is 36.7 Å². The molecule has 2 rings (SSSR count). The molecule has 1 heterocycles. The van der Waals surface area contributed by atoms with E-state index in [1.165, 1.54) is 32.1 Å². The summed E-state index contributed by atoms with van der Waals surface area (Å²) in [6.07, 6.45) is 8.30. The molecule has 3 nitrogen and oxygen atoms in total. The number of amides is 1. The Morgan fingerprint density at radius 3 is 2.56 bits per heavy atom. The van der Waals surface area contributed by atoms with E-state index in [2.05, 4.69) is 5.32 Å². The van der Waals surface area contributed by atoms with Crippen molar-refractivity contribution in [1.82, 2.24) is 5.32 Å². The zero-order valence-electron chi connectivity index (χ0n) is 11.2. The molecule has 0 spiro atoms. The summed E-state index contributed by atoms with van der Waals surface area (Å²) in [6.45, 7) is 2.65. The van der Waals surface area contributed by atoms with E-state index in [1.54, 1.807) is 0 Å². The van der Waals surface area contributed by atoms with Gasteiger partial charge in [0.05, 0.1) is 0 Å². The monoisotopic (exact) mass is 271 g/mol. The van der Waals surface area contributed by atoms with Gasteiger partial charge in [-0.15, -0.1) is 0 Å². The number of ether oxygens (including phenoxy) is 1. The Kier molecular flexibility index (Phi) is 6.35. The van der Waals surface area contributed by atoms with E-state index in [9.17, 15) is 4.79 Å². The average molecular weight is 271 g/mol. The van der Waals surface area contributed by atoms with Crippen LogP contribution in [0.1, 0.15) is 44.9 Å². The number of carbonyl (C=O) groups is 1. The molecule has 0 aromatic heterocycles. The fraction of sp³-hybridized carbons (Fsp3) is 0.929. The summed E-state index contributed by atoms with van der Waals surface area (Å²) in [5.41, 5.74) is 0. The maximum absolute atomic E-state index is 11.9. The first-order valence-corrected chi connectivity index (χ1v) is 8.38. The third-order valence-corrected chi connectivity index (χ3v) is 5.28. The van der Waals surface area contributed by atoms with Gasteiger partial charge in [-0.1, -0.05) is 19.3 Å². The van der Waals surface area contributed by atoms with Gasteiger partial charge in [-0.2, -0.15) is 11.8 Å².